The smallest absolute Gasteiger partial charge is 0.325 e. The Hall–Kier alpha value is -2.87. The maximum absolute atomic E-state index is 12.2. The number of H-pyrrole nitrogens is 1. The summed E-state index contributed by atoms with van der Waals surface area (Å²) >= 11 is 1.47. The van der Waals surface area contributed by atoms with E-state index in [9.17, 15) is 4.79 Å². The molecule has 1 aromatic carbocycles. The Bertz CT molecular complexity index is 1060. The predicted molar refractivity (Wildman–Crippen MR) is 95.0 cm³/mol. The third kappa shape index (κ3) is 3.20. The maximum atomic E-state index is 12.2. The molecule has 0 radical (unpaired) electrons. The number of rotatable bonds is 4. The van der Waals surface area contributed by atoms with Crippen molar-refractivity contribution in [1.29, 1.82) is 0 Å². The molecule has 0 unspecified atom stereocenters. The molecule has 4 aromatic rings. The first kappa shape index (κ1) is 15.6. The minimum absolute atomic E-state index is 0.219. The van der Waals surface area contributed by atoms with E-state index in [0.717, 1.165) is 17.1 Å². The van der Waals surface area contributed by atoms with Crippen molar-refractivity contribution in [2.75, 3.05) is 0 Å². The standard InChI is InChI=1S/C17H15N5O2S/c1-10-7-11(2)19-16(18-10)25-9-12-8-15(23)22(21-12)17-20-13-5-3-4-6-14(13)24-17/h3-8,21H,9H2,1-2H3. The Morgan fingerprint density at radius 3 is 2.64 bits per heavy atom. The van der Waals surface area contributed by atoms with Crippen molar-refractivity contribution < 1.29 is 4.42 Å². The Morgan fingerprint density at radius 1 is 1.12 bits per heavy atom. The fraction of sp³-hybridized carbons (Fsp3) is 0.176. The van der Waals surface area contributed by atoms with Crippen molar-refractivity contribution >= 4 is 22.9 Å². The summed E-state index contributed by atoms with van der Waals surface area (Å²) in [5.74, 6) is 0.547. The second kappa shape index (κ2) is 6.21. The summed E-state index contributed by atoms with van der Waals surface area (Å²) < 4.78 is 6.94. The topological polar surface area (TPSA) is 89.6 Å². The Labute approximate surface area is 147 Å². The molecule has 1 N–H and O–H groups in total. The van der Waals surface area contributed by atoms with Crippen LogP contribution in [0.15, 0.2) is 50.8 Å². The number of benzene rings is 1. The number of thioether (sulfide) groups is 1. The highest BCUT2D eigenvalue weighted by Crippen LogP contribution is 2.20. The monoisotopic (exact) mass is 353 g/mol. The molecule has 0 aliphatic rings. The van der Waals surface area contributed by atoms with E-state index in [1.54, 1.807) is 0 Å². The van der Waals surface area contributed by atoms with Gasteiger partial charge in [-0.3, -0.25) is 9.89 Å². The molecule has 126 valence electrons. The summed E-state index contributed by atoms with van der Waals surface area (Å²) in [6.45, 7) is 3.87. The molecule has 3 heterocycles. The maximum Gasteiger partial charge on any atom is 0.325 e. The van der Waals surface area contributed by atoms with Crippen LogP contribution in [0.4, 0.5) is 0 Å². The van der Waals surface area contributed by atoms with Crippen LogP contribution < -0.4 is 5.56 Å². The lowest BCUT2D eigenvalue weighted by Gasteiger charge is -2.01. The number of hydrogen-bond donors (Lipinski definition) is 1. The summed E-state index contributed by atoms with van der Waals surface area (Å²) in [7, 11) is 0. The van der Waals surface area contributed by atoms with Gasteiger partial charge in [0.15, 0.2) is 10.7 Å². The van der Waals surface area contributed by atoms with E-state index in [1.165, 1.54) is 22.5 Å². The average Bonchev–Trinajstić information content (AvgIpc) is 3.15. The molecule has 0 amide bonds. The fourth-order valence-corrected chi connectivity index (χ4v) is 3.37. The van der Waals surface area contributed by atoms with E-state index in [0.29, 0.717) is 22.0 Å². The molecule has 0 saturated heterocycles. The molecule has 0 fully saturated rings. The first-order chi connectivity index (χ1) is 12.1. The summed E-state index contributed by atoms with van der Waals surface area (Å²) in [6, 6.07) is 11.1. The number of aromatic amines is 1. The Kier molecular flexibility index (Phi) is 3.89. The minimum Gasteiger partial charge on any atom is -0.422 e. The number of aryl methyl sites for hydroxylation is 2. The van der Waals surface area contributed by atoms with E-state index in [-0.39, 0.29) is 11.6 Å². The van der Waals surface area contributed by atoms with Gasteiger partial charge in [0.2, 0.25) is 0 Å². The number of nitrogens with one attached hydrogen (secondary N) is 1. The third-order valence-electron chi connectivity index (χ3n) is 3.57. The zero-order valence-electron chi connectivity index (χ0n) is 13.7. The number of oxazole rings is 1. The Morgan fingerprint density at radius 2 is 1.88 bits per heavy atom. The van der Waals surface area contributed by atoms with Gasteiger partial charge in [-0.1, -0.05) is 23.9 Å². The number of fused-ring (bicyclic) bond motifs is 1. The van der Waals surface area contributed by atoms with Crippen molar-refractivity contribution in [2.24, 2.45) is 0 Å². The molecule has 0 bridgehead atoms. The van der Waals surface area contributed by atoms with Crippen LogP contribution >= 0.6 is 11.8 Å². The molecule has 7 nitrogen and oxygen atoms in total. The average molecular weight is 353 g/mol. The van der Waals surface area contributed by atoms with Crippen LogP contribution in [0.2, 0.25) is 0 Å². The van der Waals surface area contributed by atoms with Gasteiger partial charge in [0.05, 0.1) is 0 Å². The largest absolute Gasteiger partial charge is 0.422 e. The van der Waals surface area contributed by atoms with Gasteiger partial charge in [0.1, 0.15) is 5.52 Å². The van der Waals surface area contributed by atoms with E-state index >= 15 is 0 Å². The molecule has 3 aromatic heterocycles. The first-order valence-electron chi connectivity index (χ1n) is 7.70. The second-order valence-corrected chi connectivity index (χ2v) is 6.58. The zero-order valence-corrected chi connectivity index (χ0v) is 14.5. The van der Waals surface area contributed by atoms with Gasteiger partial charge in [-0.2, -0.15) is 9.67 Å². The van der Waals surface area contributed by atoms with Crippen LogP contribution in [0.5, 0.6) is 0 Å². The first-order valence-corrected chi connectivity index (χ1v) is 8.69. The van der Waals surface area contributed by atoms with Crippen LogP contribution in [-0.4, -0.2) is 24.7 Å². The quantitative estimate of drug-likeness (QED) is 0.448. The van der Waals surface area contributed by atoms with Gasteiger partial charge in [0, 0.05) is 28.9 Å². The van der Waals surface area contributed by atoms with Crippen molar-refractivity contribution in [3.8, 4) is 6.01 Å². The number of hydrogen-bond acceptors (Lipinski definition) is 6. The van der Waals surface area contributed by atoms with Gasteiger partial charge in [0.25, 0.3) is 5.56 Å². The van der Waals surface area contributed by atoms with Gasteiger partial charge in [-0.25, -0.2) is 9.97 Å². The molecule has 0 aliphatic carbocycles. The molecule has 4 rings (SSSR count). The summed E-state index contributed by atoms with van der Waals surface area (Å²) in [4.78, 5) is 25.3. The molecule has 8 heteroatoms. The highest BCUT2D eigenvalue weighted by molar-refractivity contribution is 7.98. The molecule has 25 heavy (non-hydrogen) atoms. The summed E-state index contributed by atoms with van der Waals surface area (Å²) in [5, 5.41) is 3.72. The molecule has 0 saturated carbocycles. The van der Waals surface area contributed by atoms with Crippen molar-refractivity contribution in [1.82, 2.24) is 24.7 Å². The Balaban J connectivity index is 1.58. The zero-order chi connectivity index (χ0) is 17.4. The fourth-order valence-electron chi connectivity index (χ4n) is 2.52. The van der Waals surface area contributed by atoms with Crippen LogP contribution in [0.25, 0.3) is 17.1 Å². The lowest BCUT2D eigenvalue weighted by atomic mass is 10.3. The van der Waals surface area contributed by atoms with Crippen molar-refractivity contribution in [3.63, 3.8) is 0 Å². The van der Waals surface area contributed by atoms with E-state index in [2.05, 4.69) is 20.1 Å². The summed E-state index contributed by atoms with van der Waals surface area (Å²) in [6.07, 6.45) is 0. The molecular weight excluding hydrogens is 338 g/mol. The number of para-hydroxylation sites is 2. The van der Waals surface area contributed by atoms with Crippen LogP contribution in [0.1, 0.15) is 17.1 Å². The lowest BCUT2D eigenvalue weighted by Crippen LogP contribution is -2.13. The third-order valence-corrected chi connectivity index (χ3v) is 4.46. The molecular formula is C17H15N5O2S. The molecule has 0 spiro atoms. The lowest BCUT2D eigenvalue weighted by molar-refractivity contribution is 0.536. The highest BCUT2D eigenvalue weighted by atomic mass is 32.2. The van der Waals surface area contributed by atoms with E-state index in [4.69, 9.17) is 4.42 Å². The normalized spacial score (nSPS) is 11.3. The predicted octanol–water partition coefficient (Wildman–Crippen LogP) is 3.01. The second-order valence-electron chi connectivity index (χ2n) is 5.64. The molecule has 0 atom stereocenters. The summed E-state index contributed by atoms with van der Waals surface area (Å²) in [5.41, 5.74) is 3.72. The van der Waals surface area contributed by atoms with E-state index < -0.39 is 0 Å². The van der Waals surface area contributed by atoms with Crippen LogP contribution in [-0.2, 0) is 5.75 Å². The van der Waals surface area contributed by atoms with Gasteiger partial charge in [-0.15, -0.1) is 0 Å². The number of nitrogens with zero attached hydrogens (tertiary/aromatic N) is 4. The van der Waals surface area contributed by atoms with Crippen molar-refractivity contribution in [2.45, 2.75) is 24.8 Å². The SMILES string of the molecule is Cc1cc(C)nc(SCc2cc(=O)n(-c3nc4ccccc4o3)[nH]2)n1. The minimum atomic E-state index is -0.219. The molecule has 0 aliphatic heterocycles. The van der Waals surface area contributed by atoms with Gasteiger partial charge >= 0.3 is 6.01 Å². The number of aromatic nitrogens is 5. The van der Waals surface area contributed by atoms with Gasteiger partial charge in [-0.05, 0) is 32.0 Å². The van der Waals surface area contributed by atoms with Gasteiger partial charge < -0.3 is 4.42 Å². The van der Waals surface area contributed by atoms with E-state index in [1.807, 2.05) is 44.2 Å². The highest BCUT2D eigenvalue weighted by Gasteiger charge is 2.12. The van der Waals surface area contributed by atoms with Crippen molar-refractivity contribution in [3.05, 3.63) is 63.8 Å². The van der Waals surface area contributed by atoms with Crippen LogP contribution in [0, 0.1) is 13.8 Å². The van der Waals surface area contributed by atoms with Crippen LogP contribution in [0.3, 0.4) is 0 Å².